The summed E-state index contributed by atoms with van der Waals surface area (Å²) in [6.07, 6.45) is 3.81. The summed E-state index contributed by atoms with van der Waals surface area (Å²) in [4.78, 5) is 8.04. The van der Waals surface area contributed by atoms with Crippen LogP contribution in [0.4, 0.5) is 4.39 Å². The standard InChI is InChI=1S/C34H26FN5/c35-27-9-4-8-25(15-27)28-10-5-11-31-29(28)17-33(38-31)34-30-16-24(12-13-32(30)39-40-34)26-14-23(20-37-21-26)19-36-18-22-6-2-1-3-7-22/h1-17,20-21,36,38H,18-19H2,(H,39,40). The number of halogens is 1. The molecule has 3 aromatic heterocycles. The van der Waals surface area contributed by atoms with Gasteiger partial charge in [-0.15, -0.1) is 0 Å². The summed E-state index contributed by atoms with van der Waals surface area (Å²) in [5.74, 6) is -0.248. The monoisotopic (exact) mass is 523 g/mol. The number of hydrogen-bond acceptors (Lipinski definition) is 3. The van der Waals surface area contributed by atoms with Crippen LogP contribution in [0.2, 0.25) is 0 Å². The first-order chi connectivity index (χ1) is 19.7. The average Bonchev–Trinajstić information content (AvgIpc) is 3.62. The van der Waals surface area contributed by atoms with Crippen molar-refractivity contribution in [2.24, 2.45) is 0 Å². The van der Waals surface area contributed by atoms with Gasteiger partial charge in [0.25, 0.3) is 0 Å². The highest BCUT2D eigenvalue weighted by Gasteiger charge is 2.15. The lowest BCUT2D eigenvalue weighted by molar-refractivity contribution is 0.628. The van der Waals surface area contributed by atoms with Crippen LogP contribution in [0.5, 0.6) is 0 Å². The Morgan fingerprint density at radius 2 is 1.52 bits per heavy atom. The molecule has 0 saturated carbocycles. The molecule has 194 valence electrons. The van der Waals surface area contributed by atoms with Crippen molar-refractivity contribution in [1.82, 2.24) is 25.5 Å². The summed E-state index contributed by atoms with van der Waals surface area (Å²) < 4.78 is 14.0. The van der Waals surface area contributed by atoms with Crippen molar-refractivity contribution in [3.63, 3.8) is 0 Å². The Bertz CT molecular complexity index is 1950. The van der Waals surface area contributed by atoms with Crippen LogP contribution < -0.4 is 5.32 Å². The molecule has 0 saturated heterocycles. The molecule has 3 heterocycles. The van der Waals surface area contributed by atoms with Crippen molar-refractivity contribution in [1.29, 1.82) is 0 Å². The van der Waals surface area contributed by atoms with Gasteiger partial charge in [0.15, 0.2) is 0 Å². The highest BCUT2D eigenvalue weighted by Crippen LogP contribution is 2.35. The van der Waals surface area contributed by atoms with E-state index in [-0.39, 0.29) is 5.82 Å². The van der Waals surface area contributed by atoms with E-state index in [9.17, 15) is 4.39 Å². The zero-order chi connectivity index (χ0) is 26.9. The molecule has 0 atom stereocenters. The molecule has 0 radical (unpaired) electrons. The first kappa shape index (κ1) is 24.0. The van der Waals surface area contributed by atoms with Gasteiger partial charge in [-0.05, 0) is 70.3 Å². The Hall–Kier alpha value is -5.07. The lowest BCUT2D eigenvalue weighted by Gasteiger charge is -2.08. The van der Waals surface area contributed by atoms with E-state index in [4.69, 9.17) is 0 Å². The quantitative estimate of drug-likeness (QED) is 0.199. The van der Waals surface area contributed by atoms with Crippen molar-refractivity contribution in [3.8, 4) is 33.6 Å². The highest BCUT2D eigenvalue weighted by atomic mass is 19.1. The fraction of sp³-hybridized carbons (Fsp3) is 0.0588. The van der Waals surface area contributed by atoms with Gasteiger partial charge in [0, 0.05) is 47.3 Å². The Labute approximate surface area is 230 Å². The van der Waals surface area contributed by atoms with Crippen LogP contribution in [0.15, 0.2) is 116 Å². The van der Waals surface area contributed by atoms with Gasteiger partial charge in [0.05, 0.1) is 11.2 Å². The molecule has 7 aromatic rings. The number of pyridine rings is 1. The fourth-order valence-corrected chi connectivity index (χ4v) is 5.28. The van der Waals surface area contributed by atoms with E-state index in [1.807, 2.05) is 42.7 Å². The molecule has 0 amide bonds. The highest BCUT2D eigenvalue weighted by molar-refractivity contribution is 6.01. The van der Waals surface area contributed by atoms with Gasteiger partial charge in [0.1, 0.15) is 11.5 Å². The van der Waals surface area contributed by atoms with Gasteiger partial charge in [-0.25, -0.2) is 4.39 Å². The lowest BCUT2D eigenvalue weighted by Crippen LogP contribution is -2.12. The number of H-pyrrole nitrogens is 2. The summed E-state index contributed by atoms with van der Waals surface area (Å²) >= 11 is 0. The molecule has 4 aromatic carbocycles. The Balaban J connectivity index is 1.20. The van der Waals surface area contributed by atoms with Gasteiger partial charge in [-0.1, -0.05) is 60.7 Å². The maximum atomic E-state index is 14.0. The van der Waals surface area contributed by atoms with Crippen LogP contribution in [0.3, 0.4) is 0 Å². The largest absolute Gasteiger partial charge is 0.353 e. The normalized spacial score (nSPS) is 11.4. The lowest BCUT2D eigenvalue weighted by atomic mass is 10.0. The first-order valence-electron chi connectivity index (χ1n) is 13.3. The number of nitrogens with one attached hydrogen (secondary N) is 3. The zero-order valence-corrected chi connectivity index (χ0v) is 21.7. The molecule has 0 aliphatic carbocycles. The number of rotatable bonds is 7. The summed E-state index contributed by atoms with van der Waals surface area (Å²) in [5, 5.41) is 13.4. The average molecular weight is 524 g/mol. The third-order valence-electron chi connectivity index (χ3n) is 7.25. The Morgan fingerprint density at radius 3 is 2.42 bits per heavy atom. The van der Waals surface area contributed by atoms with Gasteiger partial charge >= 0.3 is 0 Å². The summed E-state index contributed by atoms with van der Waals surface area (Å²) in [6.45, 7) is 1.54. The number of hydrogen-bond donors (Lipinski definition) is 3. The van der Waals surface area contributed by atoms with Crippen molar-refractivity contribution in [2.75, 3.05) is 0 Å². The molecule has 3 N–H and O–H groups in total. The van der Waals surface area contributed by atoms with E-state index in [1.165, 1.54) is 11.6 Å². The number of aromatic amines is 2. The maximum Gasteiger partial charge on any atom is 0.123 e. The molecule has 0 aliphatic rings. The zero-order valence-electron chi connectivity index (χ0n) is 21.7. The van der Waals surface area contributed by atoms with Crippen LogP contribution in [0.25, 0.3) is 55.4 Å². The predicted molar refractivity (Wildman–Crippen MR) is 159 cm³/mol. The molecule has 5 nitrogen and oxygen atoms in total. The van der Waals surface area contributed by atoms with Crippen molar-refractivity contribution < 1.29 is 4.39 Å². The molecule has 0 aliphatic heterocycles. The molecule has 0 fully saturated rings. The molecule has 0 bridgehead atoms. The number of fused-ring (bicyclic) bond motifs is 2. The molecular formula is C34H26FN5. The van der Waals surface area contributed by atoms with Crippen LogP contribution in [0.1, 0.15) is 11.1 Å². The second-order valence-electron chi connectivity index (χ2n) is 9.96. The van der Waals surface area contributed by atoms with E-state index < -0.39 is 0 Å². The summed E-state index contributed by atoms with van der Waals surface area (Å²) in [6, 6.07) is 33.7. The molecular weight excluding hydrogens is 497 g/mol. The van der Waals surface area contributed by atoms with Gasteiger partial charge in [-0.2, -0.15) is 5.10 Å². The first-order valence-corrected chi connectivity index (χ1v) is 13.3. The topological polar surface area (TPSA) is 69.4 Å². The number of benzene rings is 4. The Kier molecular flexibility index (Phi) is 6.15. The van der Waals surface area contributed by atoms with Crippen LogP contribution in [-0.2, 0) is 13.1 Å². The molecule has 0 unspecified atom stereocenters. The van der Waals surface area contributed by atoms with Crippen LogP contribution >= 0.6 is 0 Å². The van der Waals surface area contributed by atoms with E-state index in [0.717, 1.165) is 74.1 Å². The molecule has 7 rings (SSSR count). The Morgan fingerprint density at radius 1 is 0.650 bits per heavy atom. The molecule has 40 heavy (non-hydrogen) atoms. The molecule has 6 heteroatoms. The van der Waals surface area contributed by atoms with Crippen LogP contribution in [-0.4, -0.2) is 20.2 Å². The smallest absolute Gasteiger partial charge is 0.123 e. The van der Waals surface area contributed by atoms with Crippen molar-refractivity contribution >= 4 is 21.8 Å². The number of aromatic nitrogens is 4. The van der Waals surface area contributed by atoms with E-state index in [0.29, 0.717) is 0 Å². The summed E-state index contributed by atoms with van der Waals surface area (Å²) in [5.41, 5.74) is 10.00. The minimum Gasteiger partial charge on any atom is -0.353 e. The van der Waals surface area contributed by atoms with Gasteiger partial charge in [0.2, 0.25) is 0 Å². The fourth-order valence-electron chi connectivity index (χ4n) is 5.28. The summed E-state index contributed by atoms with van der Waals surface area (Å²) in [7, 11) is 0. The van der Waals surface area contributed by atoms with E-state index in [2.05, 4.69) is 80.1 Å². The third kappa shape index (κ3) is 4.65. The van der Waals surface area contributed by atoms with E-state index >= 15 is 0 Å². The SMILES string of the molecule is Fc1cccc(-c2cccc3[nH]c(-c4n[nH]c5ccc(-c6cncc(CNCc7ccccc7)c6)cc45)cc23)c1. The van der Waals surface area contributed by atoms with Gasteiger partial charge in [-0.3, -0.25) is 10.1 Å². The molecule has 0 spiro atoms. The number of nitrogens with zero attached hydrogens (tertiary/aromatic N) is 2. The van der Waals surface area contributed by atoms with E-state index in [1.54, 1.807) is 12.1 Å². The van der Waals surface area contributed by atoms with Crippen LogP contribution in [0, 0.1) is 5.82 Å². The van der Waals surface area contributed by atoms with Crippen molar-refractivity contribution in [3.05, 3.63) is 132 Å². The van der Waals surface area contributed by atoms with Gasteiger partial charge < -0.3 is 10.3 Å². The van der Waals surface area contributed by atoms with Crippen molar-refractivity contribution in [2.45, 2.75) is 13.1 Å². The second kappa shape index (κ2) is 10.2. The second-order valence-corrected chi connectivity index (χ2v) is 9.96. The maximum absolute atomic E-state index is 14.0. The minimum absolute atomic E-state index is 0.248. The minimum atomic E-state index is -0.248. The third-order valence-corrected chi connectivity index (χ3v) is 7.25. The predicted octanol–water partition coefficient (Wildman–Crippen LogP) is 7.87.